The number of benzene rings is 2. The monoisotopic (exact) mass is 412 g/mol. The van der Waals surface area contributed by atoms with Crippen molar-refractivity contribution >= 4 is 11.8 Å². The van der Waals surface area contributed by atoms with E-state index in [2.05, 4.69) is 13.8 Å². The normalized spacial score (nSPS) is 15.6. The van der Waals surface area contributed by atoms with Crippen molar-refractivity contribution in [3.05, 3.63) is 65.5 Å². The Morgan fingerprint density at radius 2 is 1.63 bits per heavy atom. The zero-order valence-corrected chi connectivity index (χ0v) is 17.8. The molecule has 1 aliphatic heterocycles. The lowest BCUT2D eigenvalue weighted by atomic mass is 10.0. The van der Waals surface area contributed by atoms with Gasteiger partial charge >= 0.3 is 0 Å². The molecule has 2 aromatic carbocycles. The molecule has 3 rings (SSSR count). The lowest BCUT2D eigenvalue weighted by Gasteiger charge is -2.25. The van der Waals surface area contributed by atoms with Crippen LogP contribution in [0.4, 0.5) is 4.39 Å². The topological polar surface area (TPSA) is 49.9 Å². The summed E-state index contributed by atoms with van der Waals surface area (Å²) in [6.45, 7) is 7.77. The average molecular weight is 413 g/mol. The minimum atomic E-state index is -0.624. The van der Waals surface area contributed by atoms with Gasteiger partial charge in [0, 0.05) is 26.2 Å². The van der Waals surface area contributed by atoms with Crippen LogP contribution in [-0.4, -0.2) is 53.9 Å². The molecular weight excluding hydrogens is 383 g/mol. The number of halogens is 1. The van der Waals surface area contributed by atoms with Gasteiger partial charge in [-0.15, -0.1) is 0 Å². The number of amides is 2. The highest BCUT2D eigenvalue weighted by Gasteiger charge is 2.27. The Balaban J connectivity index is 1.60. The Hall–Kier alpha value is -2.89. The van der Waals surface area contributed by atoms with Gasteiger partial charge in [-0.25, -0.2) is 4.39 Å². The van der Waals surface area contributed by atoms with E-state index in [1.165, 1.54) is 12.1 Å². The smallest absolute Gasteiger partial charge is 0.263 e. The molecule has 6 heteroatoms. The highest BCUT2D eigenvalue weighted by molar-refractivity contribution is 5.94. The maximum Gasteiger partial charge on any atom is 0.263 e. The molecule has 160 valence electrons. The van der Waals surface area contributed by atoms with E-state index in [1.54, 1.807) is 28.9 Å². The highest BCUT2D eigenvalue weighted by atomic mass is 19.1. The molecule has 0 saturated carbocycles. The number of carbonyl (C=O) groups excluding carboxylic acids is 2. The van der Waals surface area contributed by atoms with Crippen LogP contribution in [0.2, 0.25) is 0 Å². The van der Waals surface area contributed by atoms with Gasteiger partial charge in [0.2, 0.25) is 0 Å². The number of hydrogen-bond donors (Lipinski definition) is 0. The standard InChI is InChI=1S/C24H29FN2O3/c1-17(2)19-8-6-9-20(16-19)30-18(3)23(28)26-12-7-13-27(15-14-26)24(29)21-10-4-5-11-22(21)25/h4-6,8-11,16-18H,7,12-15H2,1-3H3. The lowest BCUT2D eigenvalue weighted by Crippen LogP contribution is -2.43. The van der Waals surface area contributed by atoms with E-state index in [9.17, 15) is 14.0 Å². The van der Waals surface area contributed by atoms with Gasteiger partial charge in [-0.3, -0.25) is 9.59 Å². The Kier molecular flexibility index (Phi) is 7.08. The summed E-state index contributed by atoms with van der Waals surface area (Å²) in [4.78, 5) is 28.9. The molecule has 30 heavy (non-hydrogen) atoms. The summed E-state index contributed by atoms with van der Waals surface area (Å²) in [6.07, 6.45) is 0.0165. The molecular formula is C24H29FN2O3. The van der Waals surface area contributed by atoms with E-state index in [-0.39, 0.29) is 17.4 Å². The molecule has 1 fully saturated rings. The second-order valence-electron chi connectivity index (χ2n) is 7.94. The van der Waals surface area contributed by atoms with Crippen LogP contribution in [-0.2, 0) is 4.79 Å². The van der Waals surface area contributed by atoms with E-state index in [0.29, 0.717) is 44.3 Å². The number of carbonyl (C=O) groups is 2. The summed E-state index contributed by atoms with van der Waals surface area (Å²) < 4.78 is 19.9. The summed E-state index contributed by atoms with van der Waals surface area (Å²) in [5, 5.41) is 0. The fourth-order valence-electron chi connectivity index (χ4n) is 3.60. The molecule has 2 amide bonds. The Morgan fingerprint density at radius 3 is 2.37 bits per heavy atom. The molecule has 0 bridgehead atoms. The summed E-state index contributed by atoms with van der Waals surface area (Å²) in [6, 6.07) is 13.8. The van der Waals surface area contributed by atoms with E-state index in [0.717, 1.165) is 5.56 Å². The molecule has 1 unspecified atom stereocenters. The summed E-state index contributed by atoms with van der Waals surface area (Å²) >= 11 is 0. The molecule has 0 aromatic heterocycles. The molecule has 0 N–H and O–H groups in total. The molecule has 1 heterocycles. The van der Waals surface area contributed by atoms with E-state index in [4.69, 9.17) is 4.74 Å². The molecule has 0 radical (unpaired) electrons. The van der Waals surface area contributed by atoms with Gasteiger partial charge in [0.1, 0.15) is 11.6 Å². The van der Waals surface area contributed by atoms with Gasteiger partial charge < -0.3 is 14.5 Å². The molecule has 2 aromatic rings. The maximum absolute atomic E-state index is 14.0. The first-order valence-corrected chi connectivity index (χ1v) is 10.5. The molecule has 1 aliphatic rings. The number of nitrogens with zero attached hydrogens (tertiary/aromatic N) is 2. The van der Waals surface area contributed by atoms with Crippen LogP contribution in [0.3, 0.4) is 0 Å². The van der Waals surface area contributed by atoms with Crippen molar-refractivity contribution in [3.8, 4) is 5.75 Å². The van der Waals surface area contributed by atoms with Crippen LogP contribution < -0.4 is 4.74 Å². The van der Waals surface area contributed by atoms with Crippen molar-refractivity contribution in [3.63, 3.8) is 0 Å². The zero-order chi connectivity index (χ0) is 21.7. The van der Waals surface area contributed by atoms with Gasteiger partial charge in [0.05, 0.1) is 5.56 Å². The fraction of sp³-hybridized carbons (Fsp3) is 0.417. The van der Waals surface area contributed by atoms with E-state index in [1.807, 2.05) is 24.3 Å². The molecule has 1 atom stereocenters. The summed E-state index contributed by atoms with van der Waals surface area (Å²) in [5.41, 5.74) is 1.23. The van der Waals surface area contributed by atoms with Crippen molar-refractivity contribution in [2.75, 3.05) is 26.2 Å². The summed E-state index contributed by atoms with van der Waals surface area (Å²) in [7, 11) is 0. The Bertz CT molecular complexity index is 900. The van der Waals surface area contributed by atoms with Crippen molar-refractivity contribution < 1.29 is 18.7 Å². The van der Waals surface area contributed by atoms with Crippen molar-refractivity contribution in [1.29, 1.82) is 0 Å². The van der Waals surface area contributed by atoms with Crippen LogP contribution in [0.5, 0.6) is 5.75 Å². The zero-order valence-electron chi connectivity index (χ0n) is 17.8. The van der Waals surface area contributed by atoms with Gasteiger partial charge in [-0.05, 0) is 49.1 Å². The van der Waals surface area contributed by atoms with E-state index < -0.39 is 11.9 Å². The molecule has 1 saturated heterocycles. The van der Waals surface area contributed by atoms with E-state index >= 15 is 0 Å². The predicted molar refractivity (Wildman–Crippen MR) is 114 cm³/mol. The number of rotatable bonds is 5. The van der Waals surface area contributed by atoms with Crippen LogP contribution in [0.1, 0.15) is 49.0 Å². The minimum absolute atomic E-state index is 0.0685. The van der Waals surface area contributed by atoms with Gasteiger partial charge in [-0.2, -0.15) is 0 Å². The number of hydrogen-bond acceptors (Lipinski definition) is 3. The Morgan fingerprint density at radius 1 is 0.933 bits per heavy atom. The van der Waals surface area contributed by atoms with Crippen molar-refractivity contribution in [2.45, 2.75) is 39.2 Å². The minimum Gasteiger partial charge on any atom is -0.481 e. The van der Waals surface area contributed by atoms with Crippen LogP contribution in [0.15, 0.2) is 48.5 Å². The van der Waals surface area contributed by atoms with Crippen LogP contribution >= 0.6 is 0 Å². The van der Waals surface area contributed by atoms with Gasteiger partial charge in [0.15, 0.2) is 6.10 Å². The largest absolute Gasteiger partial charge is 0.481 e. The molecule has 0 spiro atoms. The fourth-order valence-corrected chi connectivity index (χ4v) is 3.60. The third-order valence-corrected chi connectivity index (χ3v) is 5.38. The third kappa shape index (κ3) is 5.17. The third-order valence-electron chi connectivity index (χ3n) is 5.38. The first-order valence-electron chi connectivity index (χ1n) is 10.5. The number of ether oxygens (including phenoxy) is 1. The van der Waals surface area contributed by atoms with Gasteiger partial charge in [-0.1, -0.05) is 38.1 Å². The quantitative estimate of drug-likeness (QED) is 0.743. The Labute approximate surface area is 177 Å². The first-order chi connectivity index (χ1) is 14.4. The van der Waals surface area contributed by atoms with Crippen LogP contribution in [0.25, 0.3) is 0 Å². The van der Waals surface area contributed by atoms with Gasteiger partial charge in [0.25, 0.3) is 11.8 Å². The highest BCUT2D eigenvalue weighted by Crippen LogP contribution is 2.21. The SMILES string of the molecule is CC(Oc1cccc(C(C)C)c1)C(=O)N1CCCN(C(=O)c2ccccc2F)CC1. The molecule has 0 aliphatic carbocycles. The van der Waals surface area contributed by atoms with Crippen molar-refractivity contribution in [1.82, 2.24) is 9.80 Å². The second kappa shape index (κ2) is 9.74. The second-order valence-corrected chi connectivity index (χ2v) is 7.94. The lowest BCUT2D eigenvalue weighted by molar-refractivity contribution is -0.137. The molecule has 5 nitrogen and oxygen atoms in total. The van der Waals surface area contributed by atoms with Crippen LogP contribution in [0, 0.1) is 5.82 Å². The summed E-state index contributed by atoms with van der Waals surface area (Å²) in [5.74, 6) is 0.0871. The maximum atomic E-state index is 14.0. The average Bonchev–Trinajstić information content (AvgIpc) is 2.99. The predicted octanol–water partition coefficient (Wildman–Crippen LogP) is 4.09. The first kappa shape index (κ1) is 21.8. The van der Waals surface area contributed by atoms with Crippen molar-refractivity contribution in [2.24, 2.45) is 0 Å².